The van der Waals surface area contributed by atoms with E-state index < -0.39 is 11.6 Å². The van der Waals surface area contributed by atoms with Crippen molar-refractivity contribution in [2.24, 2.45) is 7.05 Å². The molecule has 10 nitrogen and oxygen atoms in total. The van der Waals surface area contributed by atoms with E-state index in [1.807, 2.05) is 6.07 Å². The van der Waals surface area contributed by atoms with Gasteiger partial charge in [0.25, 0.3) is 5.91 Å². The average Bonchev–Trinajstić information content (AvgIpc) is 3.22. The minimum atomic E-state index is -0.790. The van der Waals surface area contributed by atoms with Crippen LogP contribution in [0.5, 0.6) is 0 Å². The SMILES string of the molecule is CN(C)C(=O)c1c2ccc(-c3nc(Nc4ccc(N5CCNCC5)cn4)ncc3F)c(F)c2nn1C. The van der Waals surface area contributed by atoms with Crippen LogP contribution in [-0.4, -0.2) is 75.8 Å². The maximum absolute atomic E-state index is 15.5. The Balaban J connectivity index is 1.45. The minimum Gasteiger partial charge on any atom is -0.368 e. The summed E-state index contributed by atoms with van der Waals surface area (Å²) in [6.07, 6.45) is 2.72. The first-order chi connectivity index (χ1) is 17.3. The molecule has 0 aliphatic carbocycles. The lowest BCUT2D eigenvalue weighted by molar-refractivity contribution is 0.0819. The summed E-state index contributed by atoms with van der Waals surface area (Å²) in [7, 11) is 4.76. The predicted molar refractivity (Wildman–Crippen MR) is 132 cm³/mol. The van der Waals surface area contributed by atoms with Gasteiger partial charge in [-0.15, -0.1) is 0 Å². The molecule has 4 aromatic rings. The van der Waals surface area contributed by atoms with E-state index in [1.54, 1.807) is 39.5 Å². The van der Waals surface area contributed by atoms with Gasteiger partial charge in [-0.3, -0.25) is 9.48 Å². The average molecular weight is 494 g/mol. The Kier molecular flexibility index (Phi) is 6.18. The molecule has 1 aromatic carbocycles. The maximum atomic E-state index is 15.5. The number of carbonyl (C=O) groups excluding carboxylic acids is 1. The van der Waals surface area contributed by atoms with Crippen LogP contribution in [0.25, 0.3) is 22.2 Å². The van der Waals surface area contributed by atoms with Gasteiger partial charge in [0.15, 0.2) is 11.6 Å². The van der Waals surface area contributed by atoms with Crippen molar-refractivity contribution < 1.29 is 13.6 Å². The van der Waals surface area contributed by atoms with E-state index in [1.165, 1.54) is 15.6 Å². The second-order valence-corrected chi connectivity index (χ2v) is 8.65. The molecule has 2 N–H and O–H groups in total. The quantitative estimate of drug-likeness (QED) is 0.437. The van der Waals surface area contributed by atoms with Crippen molar-refractivity contribution in [1.82, 2.24) is 34.9 Å². The number of pyridine rings is 1. The number of fused-ring (bicyclic) bond motifs is 1. The number of rotatable bonds is 5. The van der Waals surface area contributed by atoms with Crippen LogP contribution in [0.1, 0.15) is 10.5 Å². The predicted octanol–water partition coefficient (Wildman–Crippen LogP) is 2.56. The summed E-state index contributed by atoms with van der Waals surface area (Å²) in [5, 5.41) is 10.8. The van der Waals surface area contributed by atoms with E-state index in [4.69, 9.17) is 0 Å². The fraction of sp³-hybridized carbons (Fsp3) is 0.292. The summed E-state index contributed by atoms with van der Waals surface area (Å²) < 4.78 is 31.5. The highest BCUT2D eigenvalue weighted by Gasteiger charge is 2.24. The van der Waals surface area contributed by atoms with Crippen LogP contribution in [0.2, 0.25) is 0 Å². The lowest BCUT2D eigenvalue weighted by Gasteiger charge is -2.29. The zero-order chi connectivity index (χ0) is 25.4. The van der Waals surface area contributed by atoms with Gasteiger partial charge >= 0.3 is 0 Å². The number of amides is 1. The molecule has 186 valence electrons. The van der Waals surface area contributed by atoms with Crippen LogP contribution >= 0.6 is 0 Å². The van der Waals surface area contributed by atoms with Crippen molar-refractivity contribution in [3.05, 3.63) is 54.0 Å². The van der Waals surface area contributed by atoms with E-state index >= 15 is 4.39 Å². The van der Waals surface area contributed by atoms with Crippen molar-refractivity contribution >= 4 is 34.3 Å². The van der Waals surface area contributed by atoms with Gasteiger partial charge in [-0.2, -0.15) is 5.10 Å². The number of piperazine rings is 1. The zero-order valence-electron chi connectivity index (χ0n) is 20.1. The second-order valence-electron chi connectivity index (χ2n) is 8.65. The van der Waals surface area contributed by atoms with Crippen LogP contribution in [0.4, 0.5) is 26.2 Å². The molecule has 36 heavy (non-hydrogen) atoms. The van der Waals surface area contributed by atoms with Gasteiger partial charge < -0.3 is 20.4 Å². The molecule has 0 saturated carbocycles. The number of nitrogens with zero attached hydrogens (tertiary/aromatic N) is 7. The molecule has 4 heterocycles. The highest BCUT2D eigenvalue weighted by Crippen LogP contribution is 2.31. The number of anilines is 3. The van der Waals surface area contributed by atoms with Crippen molar-refractivity contribution in [1.29, 1.82) is 0 Å². The Morgan fingerprint density at radius 1 is 1.08 bits per heavy atom. The molecule has 1 saturated heterocycles. The number of aromatic nitrogens is 5. The highest BCUT2D eigenvalue weighted by molar-refractivity contribution is 6.05. The summed E-state index contributed by atoms with van der Waals surface area (Å²) in [5.41, 5.74) is 0.879. The first-order valence-corrected chi connectivity index (χ1v) is 11.4. The molecular weight excluding hydrogens is 468 g/mol. The van der Waals surface area contributed by atoms with E-state index in [0.717, 1.165) is 38.1 Å². The van der Waals surface area contributed by atoms with Gasteiger partial charge in [0.1, 0.15) is 22.7 Å². The van der Waals surface area contributed by atoms with Gasteiger partial charge in [-0.1, -0.05) is 0 Å². The normalized spacial score (nSPS) is 13.8. The first-order valence-electron chi connectivity index (χ1n) is 11.4. The van der Waals surface area contributed by atoms with E-state index in [2.05, 4.69) is 35.6 Å². The van der Waals surface area contributed by atoms with Gasteiger partial charge in [-0.25, -0.2) is 23.7 Å². The number of carbonyl (C=O) groups is 1. The fourth-order valence-corrected chi connectivity index (χ4v) is 4.18. The topological polar surface area (TPSA) is 104 Å². The summed E-state index contributed by atoms with van der Waals surface area (Å²) in [6, 6.07) is 6.66. The third-order valence-corrected chi connectivity index (χ3v) is 6.02. The molecule has 1 aliphatic rings. The van der Waals surface area contributed by atoms with Crippen molar-refractivity contribution in [2.45, 2.75) is 0 Å². The number of aryl methyl sites for hydroxylation is 1. The van der Waals surface area contributed by atoms with Crippen LogP contribution < -0.4 is 15.5 Å². The van der Waals surface area contributed by atoms with Gasteiger partial charge in [0.05, 0.1) is 18.1 Å². The Morgan fingerprint density at radius 2 is 1.86 bits per heavy atom. The van der Waals surface area contributed by atoms with Gasteiger partial charge in [0, 0.05) is 58.3 Å². The van der Waals surface area contributed by atoms with Gasteiger partial charge in [-0.05, 0) is 24.3 Å². The molecule has 5 rings (SSSR count). The summed E-state index contributed by atoms with van der Waals surface area (Å²) in [5.74, 6) is -1.34. The summed E-state index contributed by atoms with van der Waals surface area (Å²) in [4.78, 5) is 28.7. The molecule has 12 heteroatoms. The zero-order valence-corrected chi connectivity index (χ0v) is 20.1. The largest absolute Gasteiger partial charge is 0.368 e. The molecule has 0 spiro atoms. The second kappa shape index (κ2) is 9.46. The van der Waals surface area contributed by atoms with Crippen molar-refractivity contribution in [3.63, 3.8) is 0 Å². The highest BCUT2D eigenvalue weighted by atomic mass is 19.1. The number of halogens is 2. The van der Waals surface area contributed by atoms with Crippen LogP contribution in [0, 0.1) is 11.6 Å². The minimum absolute atomic E-state index is 0.0436. The summed E-state index contributed by atoms with van der Waals surface area (Å²) >= 11 is 0. The standard InChI is InChI=1S/C24H25F2N9O/c1-33(2)23(36)22-16-6-5-15(19(26)21(16)32-34(22)3)20-17(25)13-29-24(31-20)30-18-7-4-14(12-28-18)35-10-8-27-9-11-35/h4-7,12-13,27H,8-11H2,1-3H3,(H,28,29,30,31). The Morgan fingerprint density at radius 3 is 2.56 bits per heavy atom. The van der Waals surface area contributed by atoms with Crippen LogP contribution in [0.15, 0.2) is 36.7 Å². The first kappa shape index (κ1) is 23.5. The molecule has 1 amide bonds. The Hall–Kier alpha value is -4.19. The molecule has 3 aromatic heterocycles. The van der Waals surface area contributed by atoms with Gasteiger partial charge in [0.2, 0.25) is 5.95 Å². The van der Waals surface area contributed by atoms with Crippen LogP contribution in [0.3, 0.4) is 0 Å². The molecule has 0 radical (unpaired) electrons. The van der Waals surface area contributed by atoms with E-state index in [0.29, 0.717) is 11.2 Å². The maximum Gasteiger partial charge on any atom is 0.272 e. The molecule has 1 aliphatic heterocycles. The molecule has 0 bridgehead atoms. The molecule has 0 atom stereocenters. The van der Waals surface area contributed by atoms with E-state index in [9.17, 15) is 9.18 Å². The number of benzene rings is 1. The third-order valence-electron chi connectivity index (χ3n) is 6.02. The third kappa shape index (κ3) is 4.31. The van der Waals surface area contributed by atoms with Crippen molar-refractivity contribution in [2.75, 3.05) is 50.5 Å². The molecule has 0 unspecified atom stereocenters. The lowest BCUT2D eigenvalue weighted by atomic mass is 10.1. The van der Waals surface area contributed by atoms with Crippen LogP contribution in [-0.2, 0) is 7.05 Å². The lowest BCUT2D eigenvalue weighted by Crippen LogP contribution is -2.43. The number of hydrogen-bond acceptors (Lipinski definition) is 8. The van der Waals surface area contributed by atoms with E-state index in [-0.39, 0.29) is 34.3 Å². The number of nitrogens with one attached hydrogen (secondary N) is 2. The summed E-state index contributed by atoms with van der Waals surface area (Å²) in [6.45, 7) is 3.63. The Bertz CT molecular complexity index is 1430. The number of hydrogen-bond donors (Lipinski definition) is 2. The van der Waals surface area contributed by atoms with Crippen molar-refractivity contribution in [3.8, 4) is 11.3 Å². The monoisotopic (exact) mass is 493 g/mol. The molecular formula is C24H25F2N9O. The smallest absolute Gasteiger partial charge is 0.272 e. The Labute approximate surface area is 206 Å². The fourth-order valence-electron chi connectivity index (χ4n) is 4.18. The molecule has 1 fully saturated rings.